The van der Waals surface area contributed by atoms with Crippen molar-refractivity contribution in [3.05, 3.63) is 0 Å². The lowest BCUT2D eigenvalue weighted by Gasteiger charge is -2.32. The molecule has 6 heteroatoms. The lowest BCUT2D eigenvalue weighted by atomic mass is 9.92. The maximum Gasteiger partial charge on any atom is 0.243 e. The van der Waals surface area contributed by atoms with Crippen molar-refractivity contribution in [2.45, 2.75) is 95.9 Å². The van der Waals surface area contributed by atoms with Crippen LogP contribution in [0.1, 0.15) is 71.6 Å². The van der Waals surface area contributed by atoms with Crippen molar-refractivity contribution < 1.29 is 9.53 Å². The first-order chi connectivity index (χ1) is 12.4. The van der Waals surface area contributed by atoms with E-state index >= 15 is 0 Å². The Hall–Kier alpha value is -1.30. The van der Waals surface area contributed by atoms with Gasteiger partial charge in [0.25, 0.3) is 0 Å². The number of ether oxygens (including phenoxy) is 1. The fourth-order valence-electron chi connectivity index (χ4n) is 3.78. The van der Waals surface area contributed by atoms with Crippen molar-refractivity contribution in [1.29, 1.82) is 0 Å². The molecule has 6 nitrogen and oxygen atoms in total. The zero-order chi connectivity index (χ0) is 18.9. The Labute approximate surface area is 159 Å². The Bertz CT molecular complexity index is 451. The SMILES string of the molecule is CC(C)OC1CCC(NC(=NCC(=O)N(C)C)NC2CCCCC2)CC1. The van der Waals surface area contributed by atoms with Gasteiger partial charge in [-0.05, 0) is 52.4 Å². The lowest BCUT2D eigenvalue weighted by molar-refractivity contribution is -0.127. The van der Waals surface area contributed by atoms with Crippen LogP contribution in [0.4, 0.5) is 0 Å². The monoisotopic (exact) mass is 366 g/mol. The lowest BCUT2D eigenvalue weighted by Crippen LogP contribution is -2.49. The van der Waals surface area contributed by atoms with E-state index in [1.807, 2.05) is 0 Å². The number of amides is 1. The van der Waals surface area contributed by atoms with Crippen LogP contribution in [0.25, 0.3) is 0 Å². The summed E-state index contributed by atoms with van der Waals surface area (Å²) in [6, 6.07) is 0.886. The largest absolute Gasteiger partial charge is 0.376 e. The highest BCUT2D eigenvalue weighted by Gasteiger charge is 2.24. The van der Waals surface area contributed by atoms with E-state index in [1.54, 1.807) is 19.0 Å². The molecular weight excluding hydrogens is 328 g/mol. The molecule has 26 heavy (non-hydrogen) atoms. The van der Waals surface area contributed by atoms with Crippen LogP contribution in [0.5, 0.6) is 0 Å². The van der Waals surface area contributed by atoms with Crippen molar-refractivity contribution in [3.8, 4) is 0 Å². The molecule has 2 N–H and O–H groups in total. The fourth-order valence-corrected chi connectivity index (χ4v) is 3.78. The van der Waals surface area contributed by atoms with Gasteiger partial charge in [-0.25, -0.2) is 4.99 Å². The van der Waals surface area contributed by atoms with Crippen molar-refractivity contribution in [1.82, 2.24) is 15.5 Å². The van der Waals surface area contributed by atoms with Crippen molar-refractivity contribution in [2.75, 3.05) is 20.6 Å². The topological polar surface area (TPSA) is 66.0 Å². The van der Waals surface area contributed by atoms with Gasteiger partial charge in [-0.2, -0.15) is 0 Å². The van der Waals surface area contributed by atoms with Gasteiger partial charge in [0.15, 0.2) is 5.96 Å². The number of guanidine groups is 1. The van der Waals surface area contributed by atoms with Crippen LogP contribution in [0.2, 0.25) is 0 Å². The van der Waals surface area contributed by atoms with Crippen LogP contribution >= 0.6 is 0 Å². The Morgan fingerprint density at radius 1 is 1.00 bits per heavy atom. The molecule has 2 saturated carbocycles. The molecule has 2 rings (SSSR count). The van der Waals surface area contributed by atoms with Gasteiger partial charge >= 0.3 is 0 Å². The van der Waals surface area contributed by atoms with E-state index in [9.17, 15) is 4.79 Å². The van der Waals surface area contributed by atoms with Gasteiger partial charge in [0.05, 0.1) is 12.2 Å². The normalized spacial score (nSPS) is 25.2. The minimum absolute atomic E-state index is 0.0313. The van der Waals surface area contributed by atoms with E-state index in [0.717, 1.165) is 31.6 Å². The Morgan fingerprint density at radius 2 is 1.58 bits per heavy atom. The molecule has 150 valence electrons. The second-order valence-corrected chi connectivity index (χ2v) is 8.24. The number of rotatable bonds is 6. The molecule has 0 bridgehead atoms. The van der Waals surface area contributed by atoms with E-state index in [1.165, 1.54) is 32.1 Å². The molecule has 0 heterocycles. The van der Waals surface area contributed by atoms with Gasteiger partial charge in [0.2, 0.25) is 5.91 Å². The number of aliphatic imine (C=N–C) groups is 1. The molecule has 0 aromatic heterocycles. The van der Waals surface area contributed by atoms with Gasteiger partial charge in [-0.3, -0.25) is 4.79 Å². The number of hydrogen-bond donors (Lipinski definition) is 2. The van der Waals surface area contributed by atoms with E-state index < -0.39 is 0 Å². The Kier molecular flexibility index (Phi) is 8.69. The quantitative estimate of drug-likeness (QED) is 0.560. The fraction of sp³-hybridized carbons (Fsp3) is 0.900. The number of nitrogens with one attached hydrogen (secondary N) is 2. The van der Waals surface area contributed by atoms with Crippen LogP contribution in [0.3, 0.4) is 0 Å². The summed E-state index contributed by atoms with van der Waals surface area (Å²) in [5.74, 6) is 0.837. The van der Waals surface area contributed by atoms with E-state index in [-0.39, 0.29) is 12.5 Å². The van der Waals surface area contributed by atoms with Gasteiger partial charge in [0.1, 0.15) is 6.54 Å². The van der Waals surface area contributed by atoms with E-state index in [0.29, 0.717) is 24.3 Å². The average molecular weight is 367 g/mol. The zero-order valence-corrected chi connectivity index (χ0v) is 17.1. The summed E-state index contributed by atoms with van der Waals surface area (Å²) in [5.41, 5.74) is 0. The van der Waals surface area contributed by atoms with Crippen molar-refractivity contribution in [3.63, 3.8) is 0 Å². The highest BCUT2D eigenvalue weighted by Crippen LogP contribution is 2.22. The van der Waals surface area contributed by atoms with Gasteiger partial charge in [-0.1, -0.05) is 19.3 Å². The summed E-state index contributed by atoms with van der Waals surface area (Å²) < 4.78 is 5.95. The summed E-state index contributed by atoms with van der Waals surface area (Å²) in [5, 5.41) is 7.16. The predicted octanol–water partition coefficient (Wildman–Crippen LogP) is 2.68. The van der Waals surface area contributed by atoms with Gasteiger partial charge in [-0.15, -0.1) is 0 Å². The molecule has 0 unspecified atom stereocenters. The molecule has 0 radical (unpaired) electrons. The summed E-state index contributed by atoms with van der Waals surface area (Å²) in [7, 11) is 3.55. The minimum Gasteiger partial charge on any atom is -0.376 e. The average Bonchev–Trinajstić information content (AvgIpc) is 2.61. The number of hydrogen-bond acceptors (Lipinski definition) is 3. The van der Waals surface area contributed by atoms with E-state index in [4.69, 9.17) is 4.74 Å². The standard InChI is InChI=1S/C20H38N4O2/c1-15(2)26-18-12-10-17(11-13-18)23-20(21-14-19(25)24(3)4)22-16-8-6-5-7-9-16/h15-18H,5-14H2,1-4H3,(H2,21,22,23). The molecule has 0 aromatic rings. The van der Waals surface area contributed by atoms with Crippen LogP contribution in [-0.2, 0) is 9.53 Å². The Balaban J connectivity index is 1.88. The summed E-state index contributed by atoms with van der Waals surface area (Å²) in [6.07, 6.45) is 11.3. The third kappa shape index (κ3) is 7.52. The first-order valence-electron chi connectivity index (χ1n) is 10.4. The van der Waals surface area contributed by atoms with Crippen molar-refractivity contribution in [2.24, 2.45) is 4.99 Å². The predicted molar refractivity (Wildman–Crippen MR) is 106 cm³/mol. The number of carbonyl (C=O) groups is 1. The molecule has 0 saturated heterocycles. The minimum atomic E-state index is 0.0313. The molecule has 0 aliphatic heterocycles. The third-order valence-corrected chi connectivity index (χ3v) is 5.30. The van der Waals surface area contributed by atoms with Gasteiger partial charge < -0.3 is 20.3 Å². The summed E-state index contributed by atoms with van der Waals surface area (Å²) in [6.45, 7) is 4.40. The second-order valence-electron chi connectivity index (χ2n) is 8.24. The molecule has 2 aliphatic carbocycles. The summed E-state index contributed by atoms with van der Waals surface area (Å²) >= 11 is 0. The number of likely N-dealkylation sites (N-methyl/N-ethyl adjacent to an activating group) is 1. The van der Waals surface area contributed by atoms with Gasteiger partial charge in [0, 0.05) is 26.2 Å². The molecular formula is C20H38N4O2. The Morgan fingerprint density at radius 3 is 2.12 bits per heavy atom. The smallest absolute Gasteiger partial charge is 0.243 e. The number of carbonyl (C=O) groups excluding carboxylic acids is 1. The highest BCUT2D eigenvalue weighted by atomic mass is 16.5. The first-order valence-corrected chi connectivity index (χ1v) is 10.4. The van der Waals surface area contributed by atoms with Crippen LogP contribution in [0, 0.1) is 0 Å². The zero-order valence-electron chi connectivity index (χ0n) is 17.1. The molecule has 1 amide bonds. The van der Waals surface area contributed by atoms with Crippen LogP contribution in [0.15, 0.2) is 4.99 Å². The summed E-state index contributed by atoms with van der Waals surface area (Å²) in [4.78, 5) is 18.1. The highest BCUT2D eigenvalue weighted by molar-refractivity contribution is 5.85. The maximum atomic E-state index is 11.9. The molecule has 2 aliphatic rings. The van der Waals surface area contributed by atoms with Crippen molar-refractivity contribution >= 4 is 11.9 Å². The molecule has 0 aromatic carbocycles. The second kappa shape index (κ2) is 10.8. The number of nitrogens with zero attached hydrogens (tertiary/aromatic N) is 2. The first kappa shape index (κ1) is 21.0. The van der Waals surface area contributed by atoms with E-state index in [2.05, 4.69) is 29.5 Å². The molecule has 0 atom stereocenters. The maximum absolute atomic E-state index is 11.9. The third-order valence-electron chi connectivity index (χ3n) is 5.30. The van der Waals surface area contributed by atoms with Crippen LogP contribution < -0.4 is 10.6 Å². The molecule has 0 spiro atoms. The molecule has 2 fully saturated rings. The van der Waals surface area contributed by atoms with Crippen LogP contribution in [-0.4, -0.2) is 61.7 Å².